The van der Waals surface area contributed by atoms with Crippen molar-refractivity contribution in [2.45, 2.75) is 19.4 Å². The Hall–Kier alpha value is -1.03. The molecule has 0 aliphatic heterocycles. The summed E-state index contributed by atoms with van der Waals surface area (Å²) in [6.45, 7) is 2.18. The Morgan fingerprint density at radius 2 is 2.20 bits per heavy atom. The first-order valence-electron chi connectivity index (χ1n) is 6.45. The predicted octanol–water partition coefficient (Wildman–Crippen LogP) is 5.14. The molecule has 0 amide bonds. The van der Waals surface area contributed by atoms with Crippen LogP contribution >= 0.6 is 34.5 Å². The van der Waals surface area contributed by atoms with Gasteiger partial charge < -0.3 is 4.57 Å². The summed E-state index contributed by atoms with van der Waals surface area (Å²) in [4.78, 5) is 4.70. The van der Waals surface area contributed by atoms with Crippen LogP contribution in [0.5, 0.6) is 0 Å². The van der Waals surface area contributed by atoms with Crippen LogP contribution in [0, 0.1) is 0 Å². The predicted molar refractivity (Wildman–Crippen MR) is 87.3 cm³/mol. The first-order chi connectivity index (χ1) is 9.70. The molecule has 0 spiro atoms. The summed E-state index contributed by atoms with van der Waals surface area (Å²) in [5, 5.41) is 5.00. The van der Waals surface area contributed by atoms with Gasteiger partial charge in [0.25, 0.3) is 0 Å². The van der Waals surface area contributed by atoms with Crippen LogP contribution in [0.2, 0.25) is 5.02 Å². The van der Waals surface area contributed by atoms with Gasteiger partial charge in [-0.1, -0.05) is 11.6 Å². The molecule has 0 radical (unpaired) electrons. The highest BCUT2D eigenvalue weighted by molar-refractivity contribution is 7.07. The second-order valence-electron chi connectivity index (χ2n) is 4.70. The van der Waals surface area contributed by atoms with Gasteiger partial charge in [0.15, 0.2) is 0 Å². The maximum absolute atomic E-state index is 6.14. The molecule has 0 aliphatic carbocycles. The van der Waals surface area contributed by atoms with Gasteiger partial charge in [-0.05, 0) is 47.5 Å². The second kappa shape index (κ2) is 5.76. The van der Waals surface area contributed by atoms with E-state index in [0.717, 1.165) is 28.3 Å². The summed E-state index contributed by atoms with van der Waals surface area (Å²) in [7, 11) is 0. The summed E-state index contributed by atoms with van der Waals surface area (Å²) in [6, 6.07) is 8.19. The summed E-state index contributed by atoms with van der Waals surface area (Å²) >= 11 is 13.8. The van der Waals surface area contributed by atoms with Crippen LogP contribution < -0.4 is 0 Å². The maximum atomic E-state index is 6.14. The number of imidazole rings is 1. The Bertz CT molecular complexity index is 719. The van der Waals surface area contributed by atoms with Crippen molar-refractivity contribution < 1.29 is 0 Å². The lowest BCUT2D eigenvalue weighted by molar-refractivity contribution is 0.625. The van der Waals surface area contributed by atoms with Crippen molar-refractivity contribution in [1.82, 2.24) is 9.55 Å². The zero-order chi connectivity index (χ0) is 14.1. The molecule has 1 unspecified atom stereocenters. The van der Waals surface area contributed by atoms with E-state index in [9.17, 15) is 0 Å². The maximum Gasteiger partial charge on any atom is 0.111 e. The fourth-order valence-electron chi connectivity index (χ4n) is 2.47. The van der Waals surface area contributed by atoms with Crippen LogP contribution in [-0.2, 0) is 6.42 Å². The van der Waals surface area contributed by atoms with E-state index < -0.39 is 0 Å². The summed E-state index contributed by atoms with van der Waals surface area (Å²) in [6.07, 6.45) is 0.752. The summed E-state index contributed by atoms with van der Waals surface area (Å²) in [5.41, 5.74) is 3.32. The quantitative estimate of drug-likeness (QED) is 0.607. The zero-order valence-corrected chi connectivity index (χ0v) is 13.3. The van der Waals surface area contributed by atoms with Crippen LogP contribution in [0.4, 0.5) is 0 Å². The standard InChI is InChI=1S/C15H14Cl2N2S/c1-10(11-5-7-20-9-11)19-14-8-12(17)2-3-13(14)18-15(19)4-6-16/h2-3,5,7-10H,4,6H2,1H3. The molecule has 2 nitrogen and oxygen atoms in total. The SMILES string of the molecule is CC(c1ccsc1)n1c(CCCl)nc2ccc(Cl)cc21. The zero-order valence-electron chi connectivity index (χ0n) is 11.0. The van der Waals surface area contributed by atoms with E-state index in [0.29, 0.717) is 5.88 Å². The molecule has 104 valence electrons. The minimum Gasteiger partial charge on any atom is -0.321 e. The highest BCUT2D eigenvalue weighted by Gasteiger charge is 2.17. The smallest absolute Gasteiger partial charge is 0.111 e. The molecule has 0 aliphatic rings. The van der Waals surface area contributed by atoms with E-state index in [1.54, 1.807) is 11.3 Å². The third kappa shape index (κ3) is 2.46. The summed E-state index contributed by atoms with van der Waals surface area (Å²) < 4.78 is 2.24. The number of nitrogens with zero attached hydrogens (tertiary/aromatic N) is 2. The number of fused-ring (bicyclic) bond motifs is 1. The van der Waals surface area contributed by atoms with Crippen molar-refractivity contribution in [2.24, 2.45) is 0 Å². The molecule has 2 aromatic heterocycles. The topological polar surface area (TPSA) is 17.8 Å². The molecular weight excluding hydrogens is 311 g/mol. The van der Waals surface area contributed by atoms with Gasteiger partial charge in [0.2, 0.25) is 0 Å². The number of alkyl halides is 1. The van der Waals surface area contributed by atoms with Gasteiger partial charge in [0, 0.05) is 17.3 Å². The normalized spacial score (nSPS) is 12.9. The molecular formula is C15H14Cl2N2S. The van der Waals surface area contributed by atoms with Crippen molar-refractivity contribution in [2.75, 3.05) is 5.88 Å². The van der Waals surface area contributed by atoms with E-state index in [4.69, 9.17) is 28.2 Å². The van der Waals surface area contributed by atoms with Crippen LogP contribution in [0.15, 0.2) is 35.0 Å². The molecule has 1 aromatic carbocycles. The van der Waals surface area contributed by atoms with Gasteiger partial charge in [0.1, 0.15) is 5.82 Å². The highest BCUT2D eigenvalue weighted by Crippen LogP contribution is 2.29. The van der Waals surface area contributed by atoms with Gasteiger partial charge in [-0.3, -0.25) is 0 Å². The number of rotatable bonds is 4. The third-order valence-corrected chi connectivity index (χ3v) is 4.58. The van der Waals surface area contributed by atoms with E-state index in [2.05, 4.69) is 28.3 Å². The van der Waals surface area contributed by atoms with Gasteiger partial charge in [-0.2, -0.15) is 11.3 Å². The minimum absolute atomic E-state index is 0.225. The van der Waals surface area contributed by atoms with Gasteiger partial charge >= 0.3 is 0 Å². The monoisotopic (exact) mass is 324 g/mol. The van der Waals surface area contributed by atoms with Crippen molar-refractivity contribution in [1.29, 1.82) is 0 Å². The number of aromatic nitrogens is 2. The number of hydrogen-bond acceptors (Lipinski definition) is 2. The highest BCUT2D eigenvalue weighted by atomic mass is 35.5. The Morgan fingerprint density at radius 1 is 1.35 bits per heavy atom. The van der Waals surface area contributed by atoms with Gasteiger partial charge in [-0.25, -0.2) is 4.98 Å². The molecule has 0 saturated carbocycles. The van der Waals surface area contributed by atoms with Crippen LogP contribution in [0.25, 0.3) is 11.0 Å². The summed E-state index contributed by atoms with van der Waals surface area (Å²) in [5.74, 6) is 1.57. The average molecular weight is 325 g/mol. The van der Waals surface area contributed by atoms with Crippen molar-refractivity contribution in [3.63, 3.8) is 0 Å². The number of thiophene rings is 1. The van der Waals surface area contributed by atoms with Crippen LogP contribution in [0.1, 0.15) is 24.4 Å². The molecule has 0 fully saturated rings. The van der Waals surface area contributed by atoms with Crippen molar-refractivity contribution in [3.8, 4) is 0 Å². The molecule has 1 atom stereocenters. The van der Waals surface area contributed by atoms with Crippen molar-refractivity contribution in [3.05, 3.63) is 51.4 Å². The van der Waals surface area contributed by atoms with Crippen molar-refractivity contribution >= 4 is 45.6 Å². The number of aryl methyl sites for hydroxylation is 1. The third-order valence-electron chi connectivity index (χ3n) is 3.46. The van der Waals surface area contributed by atoms with Gasteiger partial charge in [0.05, 0.1) is 17.1 Å². The second-order valence-corrected chi connectivity index (χ2v) is 6.30. The van der Waals surface area contributed by atoms with E-state index in [-0.39, 0.29) is 6.04 Å². The minimum atomic E-state index is 0.225. The lowest BCUT2D eigenvalue weighted by atomic mass is 10.1. The number of halogens is 2. The molecule has 0 saturated heterocycles. The Balaban J connectivity index is 2.19. The van der Waals surface area contributed by atoms with Crippen LogP contribution in [-0.4, -0.2) is 15.4 Å². The number of hydrogen-bond donors (Lipinski definition) is 0. The molecule has 0 bridgehead atoms. The molecule has 3 rings (SSSR count). The van der Waals surface area contributed by atoms with E-state index in [1.165, 1.54) is 5.56 Å². The number of benzene rings is 1. The molecule has 20 heavy (non-hydrogen) atoms. The Labute approximate surface area is 132 Å². The lowest BCUT2D eigenvalue weighted by Crippen LogP contribution is -2.10. The Kier molecular flexibility index (Phi) is 4.01. The molecule has 0 N–H and O–H groups in total. The lowest BCUT2D eigenvalue weighted by Gasteiger charge is -2.16. The van der Waals surface area contributed by atoms with E-state index in [1.807, 2.05) is 18.2 Å². The first kappa shape index (κ1) is 13.9. The van der Waals surface area contributed by atoms with Gasteiger partial charge in [-0.15, -0.1) is 11.6 Å². The van der Waals surface area contributed by atoms with Crippen LogP contribution in [0.3, 0.4) is 0 Å². The van der Waals surface area contributed by atoms with E-state index >= 15 is 0 Å². The Morgan fingerprint density at radius 3 is 2.90 bits per heavy atom. The molecule has 3 aromatic rings. The molecule has 2 heterocycles. The first-order valence-corrected chi connectivity index (χ1v) is 8.30. The fourth-order valence-corrected chi connectivity index (χ4v) is 3.55. The largest absolute Gasteiger partial charge is 0.321 e. The fraction of sp³-hybridized carbons (Fsp3) is 0.267. The average Bonchev–Trinajstić information content (AvgIpc) is 3.05. The molecule has 5 heteroatoms.